The monoisotopic (exact) mass is 261 g/mol. The van der Waals surface area contributed by atoms with Crippen LogP contribution in [0.15, 0.2) is 51.7 Å². The van der Waals surface area contributed by atoms with E-state index in [2.05, 4.69) is 5.32 Å². The van der Waals surface area contributed by atoms with Crippen LogP contribution in [-0.4, -0.2) is 17.6 Å². The van der Waals surface area contributed by atoms with Gasteiger partial charge in [0.25, 0.3) is 0 Å². The van der Waals surface area contributed by atoms with Gasteiger partial charge in [-0.2, -0.15) is 0 Å². The minimum atomic E-state index is -0.704. The first-order valence-electron chi connectivity index (χ1n) is 5.96. The van der Waals surface area contributed by atoms with Gasteiger partial charge in [-0.3, -0.25) is 4.79 Å². The summed E-state index contributed by atoms with van der Waals surface area (Å²) in [6.45, 7) is 0.364. The molecular formula is C14H15NO4. The average molecular weight is 261 g/mol. The van der Waals surface area contributed by atoms with Gasteiger partial charge in [0, 0.05) is 12.6 Å². The lowest BCUT2D eigenvalue weighted by Gasteiger charge is -2.07. The molecule has 0 saturated carbocycles. The van der Waals surface area contributed by atoms with Crippen molar-refractivity contribution in [2.75, 3.05) is 6.54 Å². The highest BCUT2D eigenvalue weighted by Crippen LogP contribution is 2.15. The summed E-state index contributed by atoms with van der Waals surface area (Å²) in [5.74, 6) is 0.884. The number of rotatable bonds is 6. The number of aliphatic hydroxyl groups excluding tert-OH is 1. The maximum absolute atomic E-state index is 11.5. The van der Waals surface area contributed by atoms with Gasteiger partial charge in [0.2, 0.25) is 5.91 Å². The Morgan fingerprint density at radius 3 is 2.79 bits per heavy atom. The third-order valence-electron chi connectivity index (χ3n) is 2.53. The first-order valence-corrected chi connectivity index (χ1v) is 5.96. The molecule has 0 aromatic carbocycles. The van der Waals surface area contributed by atoms with Crippen molar-refractivity contribution in [2.45, 2.75) is 12.5 Å². The van der Waals surface area contributed by atoms with Gasteiger partial charge in [-0.1, -0.05) is 0 Å². The van der Waals surface area contributed by atoms with E-state index in [1.807, 2.05) is 0 Å². The zero-order valence-electron chi connectivity index (χ0n) is 10.3. The van der Waals surface area contributed by atoms with Crippen molar-refractivity contribution in [3.05, 3.63) is 54.4 Å². The summed E-state index contributed by atoms with van der Waals surface area (Å²) in [7, 11) is 0. The van der Waals surface area contributed by atoms with Crippen LogP contribution in [0.25, 0.3) is 6.08 Å². The van der Waals surface area contributed by atoms with E-state index in [4.69, 9.17) is 8.83 Å². The molecule has 0 aliphatic heterocycles. The summed E-state index contributed by atoms with van der Waals surface area (Å²) in [5, 5.41) is 12.4. The van der Waals surface area contributed by atoms with Crippen molar-refractivity contribution >= 4 is 12.0 Å². The van der Waals surface area contributed by atoms with Crippen LogP contribution in [0.4, 0.5) is 0 Å². The second-order valence-electron chi connectivity index (χ2n) is 3.96. The molecule has 2 heterocycles. The van der Waals surface area contributed by atoms with Crippen LogP contribution in [0.2, 0.25) is 0 Å². The fourth-order valence-corrected chi connectivity index (χ4v) is 1.56. The zero-order chi connectivity index (χ0) is 13.5. The van der Waals surface area contributed by atoms with Crippen molar-refractivity contribution < 1.29 is 18.7 Å². The highest BCUT2D eigenvalue weighted by atomic mass is 16.4. The van der Waals surface area contributed by atoms with E-state index < -0.39 is 6.10 Å². The summed E-state index contributed by atoms with van der Waals surface area (Å²) in [6, 6.07) is 6.91. The molecule has 0 fully saturated rings. The van der Waals surface area contributed by atoms with Gasteiger partial charge in [-0.15, -0.1) is 0 Å². The number of hydrogen-bond acceptors (Lipinski definition) is 4. The fourth-order valence-electron chi connectivity index (χ4n) is 1.56. The van der Waals surface area contributed by atoms with Crippen molar-refractivity contribution in [1.82, 2.24) is 5.32 Å². The Morgan fingerprint density at radius 2 is 2.11 bits per heavy atom. The third-order valence-corrected chi connectivity index (χ3v) is 2.53. The first kappa shape index (κ1) is 13.2. The van der Waals surface area contributed by atoms with Crippen LogP contribution < -0.4 is 5.32 Å². The van der Waals surface area contributed by atoms with E-state index in [-0.39, 0.29) is 5.91 Å². The van der Waals surface area contributed by atoms with Crippen molar-refractivity contribution in [1.29, 1.82) is 0 Å². The number of carbonyl (C=O) groups excluding carboxylic acids is 1. The third kappa shape index (κ3) is 4.15. The average Bonchev–Trinajstić information content (AvgIpc) is 3.09. The predicted molar refractivity (Wildman–Crippen MR) is 69.0 cm³/mol. The van der Waals surface area contributed by atoms with E-state index in [0.29, 0.717) is 24.5 Å². The minimum Gasteiger partial charge on any atom is -0.467 e. The largest absolute Gasteiger partial charge is 0.467 e. The molecule has 2 aromatic rings. The van der Waals surface area contributed by atoms with Gasteiger partial charge in [-0.25, -0.2) is 0 Å². The normalized spacial score (nSPS) is 12.7. The number of furan rings is 2. The zero-order valence-corrected chi connectivity index (χ0v) is 10.3. The molecule has 0 bridgehead atoms. The Kier molecular flexibility index (Phi) is 4.58. The highest BCUT2D eigenvalue weighted by molar-refractivity contribution is 5.91. The molecule has 19 heavy (non-hydrogen) atoms. The number of hydrogen-bond donors (Lipinski definition) is 2. The van der Waals surface area contributed by atoms with Crippen molar-refractivity contribution in [3.8, 4) is 0 Å². The summed E-state index contributed by atoms with van der Waals surface area (Å²) in [5.41, 5.74) is 0. The lowest BCUT2D eigenvalue weighted by atomic mass is 10.2. The van der Waals surface area contributed by atoms with E-state index in [0.717, 1.165) is 0 Å². The van der Waals surface area contributed by atoms with Crippen LogP contribution in [0.1, 0.15) is 24.0 Å². The SMILES string of the molecule is O=C(/C=C/c1ccco1)NCC[C@H](O)c1ccco1. The maximum atomic E-state index is 11.5. The molecule has 5 nitrogen and oxygen atoms in total. The van der Waals surface area contributed by atoms with Gasteiger partial charge < -0.3 is 19.3 Å². The van der Waals surface area contributed by atoms with E-state index in [1.54, 1.807) is 30.3 Å². The molecule has 0 spiro atoms. The molecule has 2 rings (SSSR count). The van der Waals surface area contributed by atoms with Crippen LogP contribution >= 0.6 is 0 Å². The quantitative estimate of drug-likeness (QED) is 0.781. The molecule has 0 aliphatic carbocycles. The second kappa shape index (κ2) is 6.61. The topological polar surface area (TPSA) is 75.6 Å². The number of carbonyl (C=O) groups is 1. The standard InChI is InChI=1S/C14H15NO4/c16-12(13-4-2-10-19-13)7-8-15-14(17)6-5-11-3-1-9-18-11/h1-6,9-10,12,16H,7-8H2,(H,15,17)/b6-5+/t12-/m0/s1. The molecule has 0 unspecified atom stereocenters. The number of amides is 1. The lowest BCUT2D eigenvalue weighted by molar-refractivity contribution is -0.116. The van der Waals surface area contributed by atoms with Gasteiger partial charge >= 0.3 is 0 Å². The van der Waals surface area contributed by atoms with Gasteiger partial charge in [-0.05, 0) is 36.8 Å². The van der Waals surface area contributed by atoms with Gasteiger partial charge in [0.15, 0.2) is 0 Å². The molecule has 5 heteroatoms. The van der Waals surface area contributed by atoms with Crippen LogP contribution in [-0.2, 0) is 4.79 Å². The Hall–Kier alpha value is -2.27. The summed E-state index contributed by atoms with van der Waals surface area (Å²) < 4.78 is 10.1. The van der Waals surface area contributed by atoms with E-state index >= 15 is 0 Å². The van der Waals surface area contributed by atoms with Gasteiger partial charge in [0.05, 0.1) is 12.5 Å². The van der Waals surface area contributed by atoms with Gasteiger partial charge in [0.1, 0.15) is 17.6 Å². The van der Waals surface area contributed by atoms with Crippen molar-refractivity contribution in [2.24, 2.45) is 0 Å². The molecule has 0 radical (unpaired) electrons. The maximum Gasteiger partial charge on any atom is 0.244 e. The Labute approximate surface area is 110 Å². The molecule has 100 valence electrons. The second-order valence-corrected chi connectivity index (χ2v) is 3.96. The lowest BCUT2D eigenvalue weighted by Crippen LogP contribution is -2.23. The summed E-state index contributed by atoms with van der Waals surface area (Å²) in [6.07, 6.45) is 5.70. The van der Waals surface area contributed by atoms with E-state index in [9.17, 15) is 9.90 Å². The Balaban J connectivity index is 1.69. The molecule has 0 saturated heterocycles. The number of nitrogens with one attached hydrogen (secondary N) is 1. The summed E-state index contributed by atoms with van der Waals surface area (Å²) in [4.78, 5) is 11.5. The smallest absolute Gasteiger partial charge is 0.244 e. The fraction of sp³-hybridized carbons (Fsp3) is 0.214. The molecule has 0 aliphatic rings. The van der Waals surface area contributed by atoms with Crippen LogP contribution in [0.5, 0.6) is 0 Å². The molecule has 2 aromatic heterocycles. The predicted octanol–water partition coefficient (Wildman–Crippen LogP) is 2.13. The summed E-state index contributed by atoms with van der Waals surface area (Å²) >= 11 is 0. The van der Waals surface area contributed by atoms with Crippen LogP contribution in [0.3, 0.4) is 0 Å². The Morgan fingerprint density at radius 1 is 1.32 bits per heavy atom. The first-order chi connectivity index (χ1) is 9.25. The molecule has 1 amide bonds. The molecule has 1 atom stereocenters. The molecular weight excluding hydrogens is 246 g/mol. The highest BCUT2D eigenvalue weighted by Gasteiger charge is 2.09. The van der Waals surface area contributed by atoms with E-state index in [1.165, 1.54) is 18.6 Å². The van der Waals surface area contributed by atoms with Crippen molar-refractivity contribution in [3.63, 3.8) is 0 Å². The van der Waals surface area contributed by atoms with Crippen LogP contribution in [0, 0.1) is 0 Å². The minimum absolute atomic E-state index is 0.233. The molecule has 2 N–H and O–H groups in total. The Bertz CT molecular complexity index is 514. The number of aliphatic hydroxyl groups is 1.